The van der Waals surface area contributed by atoms with Gasteiger partial charge in [0.2, 0.25) is 0 Å². The molecule has 0 aromatic carbocycles. The Morgan fingerprint density at radius 1 is 1.00 bits per heavy atom. The molecule has 1 amide bonds. The van der Waals surface area contributed by atoms with Gasteiger partial charge in [-0.3, -0.25) is 9.78 Å². The van der Waals surface area contributed by atoms with Gasteiger partial charge in [-0.05, 0) is 25.0 Å². The molecule has 4 rings (SSSR count). The lowest BCUT2D eigenvalue weighted by Gasteiger charge is -2.36. The van der Waals surface area contributed by atoms with E-state index in [1.54, 1.807) is 18.6 Å². The predicted octanol–water partition coefficient (Wildman–Crippen LogP) is 2.09. The summed E-state index contributed by atoms with van der Waals surface area (Å²) in [5, 5.41) is 0.666. The summed E-state index contributed by atoms with van der Waals surface area (Å²) in [6.45, 7) is 4.78. The number of hydrogen-bond donors (Lipinski definition) is 0. The Bertz CT molecular complexity index is 787. The van der Waals surface area contributed by atoms with E-state index in [2.05, 4.69) is 24.8 Å². The van der Waals surface area contributed by atoms with Crippen LogP contribution in [0.25, 0.3) is 0 Å². The van der Waals surface area contributed by atoms with Gasteiger partial charge in [0, 0.05) is 45.5 Å². The maximum Gasteiger partial charge on any atom is 0.274 e. The van der Waals surface area contributed by atoms with Gasteiger partial charge in [0.1, 0.15) is 17.3 Å². The Morgan fingerprint density at radius 2 is 1.73 bits per heavy atom. The van der Waals surface area contributed by atoms with Gasteiger partial charge in [-0.25, -0.2) is 9.97 Å². The summed E-state index contributed by atoms with van der Waals surface area (Å²) in [4.78, 5) is 31.9. The first-order chi connectivity index (χ1) is 12.7. The number of amides is 1. The summed E-state index contributed by atoms with van der Waals surface area (Å²) in [5.41, 5.74) is 0.430. The van der Waals surface area contributed by atoms with Crippen molar-refractivity contribution in [3.05, 3.63) is 41.4 Å². The van der Waals surface area contributed by atoms with E-state index in [1.165, 1.54) is 0 Å². The van der Waals surface area contributed by atoms with Crippen molar-refractivity contribution >= 4 is 29.1 Å². The number of carbonyl (C=O) groups is 1. The standard InChI is InChI=1S/C18H21ClN6O/c19-14-4-3-5-21-17(14)24-10-8-23(9-11-24)16-13-20-12-15(22-16)18(26)25-6-1-2-7-25/h3-5,12-13H,1-2,6-11H2. The average molecular weight is 373 g/mol. The number of aromatic nitrogens is 3. The molecule has 136 valence electrons. The molecule has 7 nitrogen and oxygen atoms in total. The first-order valence-electron chi connectivity index (χ1n) is 8.94. The number of hydrogen-bond acceptors (Lipinski definition) is 6. The fourth-order valence-corrected chi connectivity index (χ4v) is 3.69. The van der Waals surface area contributed by atoms with Gasteiger partial charge in [-0.1, -0.05) is 11.6 Å². The zero-order valence-corrected chi connectivity index (χ0v) is 15.3. The molecule has 0 aliphatic carbocycles. The van der Waals surface area contributed by atoms with Crippen LogP contribution >= 0.6 is 11.6 Å². The highest BCUT2D eigenvalue weighted by Crippen LogP contribution is 2.24. The van der Waals surface area contributed by atoms with E-state index in [0.29, 0.717) is 10.7 Å². The fourth-order valence-electron chi connectivity index (χ4n) is 3.45. The molecule has 0 N–H and O–H groups in total. The number of halogens is 1. The molecule has 0 unspecified atom stereocenters. The van der Waals surface area contributed by atoms with Crippen LogP contribution in [0.2, 0.25) is 5.02 Å². The minimum atomic E-state index is -0.0178. The molecule has 2 aliphatic rings. The van der Waals surface area contributed by atoms with Crippen molar-refractivity contribution < 1.29 is 4.79 Å². The van der Waals surface area contributed by atoms with Gasteiger partial charge in [0.25, 0.3) is 5.91 Å². The Kier molecular flexibility index (Phi) is 4.88. The first-order valence-corrected chi connectivity index (χ1v) is 9.32. The topological polar surface area (TPSA) is 65.5 Å². The van der Waals surface area contributed by atoms with Crippen molar-refractivity contribution in [3.63, 3.8) is 0 Å². The lowest BCUT2D eigenvalue weighted by molar-refractivity contribution is 0.0786. The average Bonchev–Trinajstić information content (AvgIpc) is 3.23. The van der Waals surface area contributed by atoms with E-state index in [-0.39, 0.29) is 5.91 Å². The van der Waals surface area contributed by atoms with E-state index in [9.17, 15) is 4.79 Å². The summed E-state index contributed by atoms with van der Waals surface area (Å²) in [6, 6.07) is 3.69. The Balaban J connectivity index is 1.44. The molecule has 2 saturated heterocycles. The van der Waals surface area contributed by atoms with Gasteiger partial charge < -0.3 is 14.7 Å². The van der Waals surface area contributed by atoms with Gasteiger partial charge in [-0.2, -0.15) is 0 Å². The lowest BCUT2D eigenvalue weighted by Crippen LogP contribution is -2.47. The van der Waals surface area contributed by atoms with Crippen molar-refractivity contribution in [3.8, 4) is 0 Å². The number of pyridine rings is 1. The molecule has 0 bridgehead atoms. The maximum absolute atomic E-state index is 12.5. The third-order valence-electron chi connectivity index (χ3n) is 4.88. The molecule has 0 radical (unpaired) electrons. The molecule has 2 fully saturated rings. The van der Waals surface area contributed by atoms with Gasteiger partial charge in [0.05, 0.1) is 17.4 Å². The smallest absolute Gasteiger partial charge is 0.274 e. The molecule has 0 saturated carbocycles. The van der Waals surface area contributed by atoms with E-state index in [1.807, 2.05) is 17.0 Å². The minimum Gasteiger partial charge on any atom is -0.352 e. The Labute approximate surface area is 157 Å². The molecule has 2 aliphatic heterocycles. The molecule has 2 aromatic heterocycles. The number of piperazine rings is 1. The molecular weight excluding hydrogens is 352 g/mol. The number of carbonyl (C=O) groups excluding carboxylic acids is 1. The third-order valence-corrected chi connectivity index (χ3v) is 5.17. The van der Waals surface area contributed by atoms with Crippen LogP contribution in [-0.2, 0) is 0 Å². The van der Waals surface area contributed by atoms with E-state index < -0.39 is 0 Å². The zero-order chi connectivity index (χ0) is 17.9. The number of anilines is 2. The van der Waals surface area contributed by atoms with Crippen LogP contribution in [-0.4, -0.2) is 65.0 Å². The molecule has 8 heteroatoms. The highest BCUT2D eigenvalue weighted by molar-refractivity contribution is 6.32. The molecule has 2 aromatic rings. The summed E-state index contributed by atoms with van der Waals surface area (Å²) >= 11 is 6.25. The van der Waals surface area contributed by atoms with Crippen molar-refractivity contribution in [2.24, 2.45) is 0 Å². The van der Waals surface area contributed by atoms with Crippen LogP contribution in [0.4, 0.5) is 11.6 Å². The van der Waals surface area contributed by atoms with Crippen molar-refractivity contribution in [2.45, 2.75) is 12.8 Å². The number of rotatable bonds is 3. The normalized spacial score (nSPS) is 17.7. The van der Waals surface area contributed by atoms with Crippen molar-refractivity contribution in [1.82, 2.24) is 19.9 Å². The fraction of sp³-hybridized carbons (Fsp3) is 0.444. The second-order valence-corrected chi connectivity index (χ2v) is 6.95. The van der Waals surface area contributed by atoms with Crippen LogP contribution in [0.15, 0.2) is 30.7 Å². The summed E-state index contributed by atoms with van der Waals surface area (Å²) in [7, 11) is 0. The second kappa shape index (κ2) is 7.45. The van der Waals surface area contributed by atoms with E-state index in [4.69, 9.17) is 11.6 Å². The van der Waals surface area contributed by atoms with Crippen LogP contribution in [0.3, 0.4) is 0 Å². The molecule has 26 heavy (non-hydrogen) atoms. The van der Waals surface area contributed by atoms with Crippen molar-refractivity contribution in [1.29, 1.82) is 0 Å². The zero-order valence-electron chi connectivity index (χ0n) is 14.5. The van der Waals surface area contributed by atoms with Crippen LogP contribution in [0.1, 0.15) is 23.3 Å². The summed E-state index contributed by atoms with van der Waals surface area (Å²) in [5.74, 6) is 1.55. The maximum atomic E-state index is 12.5. The van der Waals surface area contributed by atoms with Gasteiger partial charge in [0.15, 0.2) is 0 Å². The molecular formula is C18H21ClN6O. The molecule has 4 heterocycles. The molecule has 0 spiro atoms. The second-order valence-electron chi connectivity index (χ2n) is 6.54. The monoisotopic (exact) mass is 372 g/mol. The SMILES string of the molecule is O=C(c1cncc(N2CCN(c3ncccc3Cl)CC2)n1)N1CCCC1. The lowest BCUT2D eigenvalue weighted by atomic mass is 10.3. The summed E-state index contributed by atoms with van der Waals surface area (Å²) < 4.78 is 0. The minimum absolute atomic E-state index is 0.0178. The van der Waals surface area contributed by atoms with E-state index >= 15 is 0 Å². The largest absolute Gasteiger partial charge is 0.352 e. The van der Waals surface area contributed by atoms with Crippen LogP contribution in [0, 0.1) is 0 Å². The Hall–Kier alpha value is -2.41. The van der Waals surface area contributed by atoms with E-state index in [0.717, 1.165) is 63.7 Å². The molecule has 0 atom stereocenters. The quantitative estimate of drug-likeness (QED) is 0.822. The number of nitrogens with zero attached hydrogens (tertiary/aromatic N) is 6. The van der Waals surface area contributed by atoms with Crippen LogP contribution < -0.4 is 9.80 Å². The number of likely N-dealkylation sites (tertiary alicyclic amines) is 1. The predicted molar refractivity (Wildman–Crippen MR) is 101 cm³/mol. The van der Waals surface area contributed by atoms with Crippen LogP contribution in [0.5, 0.6) is 0 Å². The highest BCUT2D eigenvalue weighted by Gasteiger charge is 2.24. The summed E-state index contributed by atoms with van der Waals surface area (Å²) in [6.07, 6.45) is 7.18. The first kappa shape index (κ1) is 17.0. The highest BCUT2D eigenvalue weighted by atomic mass is 35.5. The van der Waals surface area contributed by atoms with Gasteiger partial charge >= 0.3 is 0 Å². The third kappa shape index (κ3) is 3.44. The van der Waals surface area contributed by atoms with Crippen molar-refractivity contribution in [2.75, 3.05) is 49.1 Å². The Morgan fingerprint density at radius 3 is 2.46 bits per heavy atom. The van der Waals surface area contributed by atoms with Gasteiger partial charge in [-0.15, -0.1) is 0 Å².